The molecule has 0 aromatic heterocycles. The van der Waals surface area contributed by atoms with Crippen molar-refractivity contribution in [3.05, 3.63) is 54.1 Å². The number of hydrogen-bond donors (Lipinski definition) is 3. The van der Waals surface area contributed by atoms with Crippen molar-refractivity contribution in [3.8, 4) is 17.2 Å². The van der Waals surface area contributed by atoms with Gasteiger partial charge in [0.05, 0.1) is 26.9 Å². The minimum Gasteiger partial charge on any atom is -0.493 e. The SMILES string of the molecule is COc1ccc(C(O)CNC(=O)NCCOc2ccccc2)cc1OC. The molecule has 0 saturated carbocycles. The summed E-state index contributed by atoms with van der Waals surface area (Å²) >= 11 is 0. The normalized spacial score (nSPS) is 11.3. The van der Waals surface area contributed by atoms with Gasteiger partial charge in [-0.2, -0.15) is 0 Å². The van der Waals surface area contributed by atoms with E-state index in [4.69, 9.17) is 14.2 Å². The third-order valence-electron chi connectivity index (χ3n) is 3.65. The number of carbonyl (C=O) groups excluding carboxylic acids is 1. The van der Waals surface area contributed by atoms with Gasteiger partial charge in [0.1, 0.15) is 12.4 Å². The van der Waals surface area contributed by atoms with Crippen molar-refractivity contribution >= 4 is 6.03 Å². The number of hydrogen-bond acceptors (Lipinski definition) is 5. The molecule has 1 unspecified atom stereocenters. The summed E-state index contributed by atoms with van der Waals surface area (Å²) in [6, 6.07) is 14.1. The van der Waals surface area contributed by atoms with Gasteiger partial charge in [0.25, 0.3) is 0 Å². The first-order valence-corrected chi connectivity index (χ1v) is 8.23. The summed E-state index contributed by atoms with van der Waals surface area (Å²) in [5.41, 5.74) is 0.621. The van der Waals surface area contributed by atoms with E-state index in [0.717, 1.165) is 5.75 Å². The number of carbonyl (C=O) groups is 1. The number of ether oxygens (including phenoxy) is 3. The van der Waals surface area contributed by atoms with Gasteiger partial charge < -0.3 is 30.0 Å². The molecule has 0 saturated heterocycles. The van der Waals surface area contributed by atoms with Gasteiger partial charge >= 0.3 is 6.03 Å². The highest BCUT2D eigenvalue weighted by molar-refractivity contribution is 5.73. The maximum absolute atomic E-state index is 11.8. The maximum Gasteiger partial charge on any atom is 0.315 e. The van der Waals surface area contributed by atoms with Crippen LogP contribution >= 0.6 is 0 Å². The quantitative estimate of drug-likeness (QED) is 0.596. The highest BCUT2D eigenvalue weighted by atomic mass is 16.5. The Morgan fingerprint density at radius 2 is 1.77 bits per heavy atom. The van der Waals surface area contributed by atoms with Gasteiger partial charge in [0, 0.05) is 6.54 Å². The van der Waals surface area contributed by atoms with E-state index < -0.39 is 6.10 Å². The number of benzene rings is 2. The average molecular weight is 360 g/mol. The lowest BCUT2D eigenvalue weighted by Crippen LogP contribution is -2.39. The van der Waals surface area contributed by atoms with Crippen LogP contribution in [0.1, 0.15) is 11.7 Å². The maximum atomic E-state index is 11.8. The zero-order chi connectivity index (χ0) is 18.8. The molecule has 0 heterocycles. The summed E-state index contributed by atoms with van der Waals surface area (Å²) in [7, 11) is 3.07. The fraction of sp³-hybridized carbons (Fsp3) is 0.316. The zero-order valence-electron chi connectivity index (χ0n) is 14.9. The number of methoxy groups -OCH3 is 2. The summed E-state index contributed by atoms with van der Waals surface area (Å²) in [6.45, 7) is 0.781. The predicted octanol–water partition coefficient (Wildman–Crippen LogP) is 2.12. The van der Waals surface area contributed by atoms with E-state index in [-0.39, 0.29) is 12.6 Å². The smallest absolute Gasteiger partial charge is 0.315 e. The lowest BCUT2D eigenvalue weighted by atomic mass is 10.1. The molecule has 0 bridgehead atoms. The number of aliphatic hydroxyl groups is 1. The van der Waals surface area contributed by atoms with Crippen molar-refractivity contribution in [2.45, 2.75) is 6.10 Å². The Bertz CT molecular complexity index is 694. The first-order chi connectivity index (χ1) is 12.6. The number of aliphatic hydroxyl groups excluding tert-OH is 1. The highest BCUT2D eigenvalue weighted by Crippen LogP contribution is 2.29. The van der Waals surface area contributed by atoms with Crippen molar-refractivity contribution in [1.82, 2.24) is 10.6 Å². The number of rotatable bonds is 9. The Balaban J connectivity index is 1.71. The minimum absolute atomic E-state index is 0.0703. The van der Waals surface area contributed by atoms with Gasteiger partial charge in [-0.1, -0.05) is 24.3 Å². The first kappa shape index (κ1) is 19.4. The lowest BCUT2D eigenvalue weighted by molar-refractivity contribution is 0.172. The largest absolute Gasteiger partial charge is 0.493 e. The summed E-state index contributed by atoms with van der Waals surface area (Å²) < 4.78 is 15.8. The number of nitrogens with one attached hydrogen (secondary N) is 2. The van der Waals surface area contributed by atoms with Crippen molar-refractivity contribution in [2.75, 3.05) is 33.9 Å². The summed E-state index contributed by atoms with van der Waals surface area (Å²) in [4.78, 5) is 11.8. The van der Waals surface area contributed by atoms with Crippen molar-refractivity contribution in [3.63, 3.8) is 0 Å². The molecule has 7 nitrogen and oxygen atoms in total. The van der Waals surface area contributed by atoms with Crippen molar-refractivity contribution < 1.29 is 24.1 Å². The highest BCUT2D eigenvalue weighted by Gasteiger charge is 2.12. The van der Waals surface area contributed by atoms with Crippen LogP contribution in [0.5, 0.6) is 17.2 Å². The Morgan fingerprint density at radius 1 is 1.04 bits per heavy atom. The molecule has 1 atom stereocenters. The van der Waals surface area contributed by atoms with E-state index in [1.165, 1.54) is 7.11 Å². The van der Waals surface area contributed by atoms with Gasteiger partial charge in [-0.25, -0.2) is 4.79 Å². The van der Waals surface area contributed by atoms with Gasteiger partial charge in [-0.15, -0.1) is 0 Å². The molecule has 0 fully saturated rings. The molecule has 2 rings (SSSR count). The third-order valence-corrected chi connectivity index (χ3v) is 3.65. The Labute approximate surface area is 152 Å². The van der Waals surface area contributed by atoms with E-state index >= 15 is 0 Å². The summed E-state index contributed by atoms with van der Waals surface area (Å²) in [5, 5.41) is 15.5. The number of amides is 2. The van der Waals surface area contributed by atoms with Crippen molar-refractivity contribution in [1.29, 1.82) is 0 Å². The molecule has 3 N–H and O–H groups in total. The van der Waals surface area contributed by atoms with Crippen LogP contribution < -0.4 is 24.8 Å². The molecule has 7 heteroatoms. The van der Waals surface area contributed by atoms with Crippen LogP contribution in [0, 0.1) is 0 Å². The van der Waals surface area contributed by atoms with Crippen LogP contribution in [-0.4, -0.2) is 45.1 Å². The molecule has 0 radical (unpaired) electrons. The topological polar surface area (TPSA) is 89.1 Å². The van der Waals surface area contributed by atoms with Crippen LogP contribution in [0.2, 0.25) is 0 Å². The van der Waals surface area contributed by atoms with Gasteiger partial charge in [-0.05, 0) is 29.8 Å². The molecule has 0 aliphatic carbocycles. The fourth-order valence-corrected chi connectivity index (χ4v) is 2.28. The lowest BCUT2D eigenvalue weighted by Gasteiger charge is -2.15. The zero-order valence-corrected chi connectivity index (χ0v) is 14.9. The molecular formula is C19H24N2O5. The summed E-state index contributed by atoms with van der Waals surface area (Å²) in [5.74, 6) is 1.85. The molecule has 0 spiro atoms. The standard InChI is InChI=1S/C19H24N2O5/c1-24-17-9-8-14(12-18(17)25-2)16(22)13-21-19(23)20-10-11-26-15-6-4-3-5-7-15/h3-9,12,16,22H,10-11,13H2,1-2H3,(H2,20,21,23). The van der Waals surface area contributed by atoms with Gasteiger partial charge in [0.15, 0.2) is 11.5 Å². The van der Waals surface area contributed by atoms with E-state index in [1.807, 2.05) is 30.3 Å². The van der Waals surface area contributed by atoms with Crippen LogP contribution in [-0.2, 0) is 0 Å². The molecular weight excluding hydrogens is 336 g/mol. The van der Waals surface area contributed by atoms with E-state index in [0.29, 0.717) is 30.2 Å². The van der Waals surface area contributed by atoms with Gasteiger partial charge in [0.2, 0.25) is 0 Å². The summed E-state index contributed by atoms with van der Waals surface area (Å²) in [6.07, 6.45) is -0.860. The molecule has 2 aromatic rings. The average Bonchev–Trinajstić information content (AvgIpc) is 2.69. The van der Waals surface area contributed by atoms with Gasteiger partial charge in [-0.3, -0.25) is 0 Å². The Morgan fingerprint density at radius 3 is 2.46 bits per heavy atom. The van der Waals surface area contributed by atoms with Crippen molar-refractivity contribution in [2.24, 2.45) is 0 Å². The fourth-order valence-electron chi connectivity index (χ4n) is 2.28. The van der Waals surface area contributed by atoms with E-state index in [1.54, 1.807) is 25.3 Å². The van der Waals surface area contributed by atoms with E-state index in [2.05, 4.69) is 10.6 Å². The molecule has 0 aliphatic rings. The number of para-hydroxylation sites is 1. The molecule has 2 aromatic carbocycles. The second kappa shape index (κ2) is 10.1. The van der Waals surface area contributed by atoms with Crippen LogP contribution in [0.4, 0.5) is 4.79 Å². The van der Waals surface area contributed by atoms with E-state index in [9.17, 15) is 9.90 Å². The van der Waals surface area contributed by atoms with Crippen LogP contribution in [0.15, 0.2) is 48.5 Å². The second-order valence-corrected chi connectivity index (χ2v) is 5.43. The monoisotopic (exact) mass is 360 g/mol. The van der Waals surface area contributed by atoms with Crippen LogP contribution in [0.3, 0.4) is 0 Å². The molecule has 140 valence electrons. The second-order valence-electron chi connectivity index (χ2n) is 5.43. The molecule has 0 aliphatic heterocycles. The Hall–Kier alpha value is -2.93. The predicted molar refractivity (Wildman–Crippen MR) is 97.8 cm³/mol. The first-order valence-electron chi connectivity index (χ1n) is 8.23. The molecule has 26 heavy (non-hydrogen) atoms. The van der Waals surface area contributed by atoms with Crippen LogP contribution in [0.25, 0.3) is 0 Å². The minimum atomic E-state index is -0.860. The molecule has 2 amide bonds. The number of urea groups is 1. The Kier molecular flexibility index (Phi) is 7.57. The third kappa shape index (κ3) is 5.86.